The average Bonchev–Trinajstić information content (AvgIpc) is 2.46. The Morgan fingerprint density at radius 2 is 1.86 bits per heavy atom. The highest BCUT2D eigenvalue weighted by molar-refractivity contribution is 7.89. The molecule has 0 atom stereocenters. The number of carboxylic acids is 1. The predicted octanol–water partition coefficient (Wildman–Crippen LogP) is 0.229. The van der Waals surface area contributed by atoms with Crippen molar-refractivity contribution in [1.29, 1.82) is 0 Å². The Labute approximate surface area is 123 Å². The third-order valence-corrected chi connectivity index (χ3v) is 4.51. The Morgan fingerprint density at radius 3 is 2.43 bits per heavy atom. The standard InChI is InChI=1S/C13H18N2O5S/c16-13(17)6-3-11-1-4-12(5-2-11)21(18,19)14-15-7-9-20-10-8-15/h1-2,4-5,14H,3,6-10H2,(H,16,17). The summed E-state index contributed by atoms with van der Waals surface area (Å²) >= 11 is 0. The molecule has 1 aliphatic rings. The van der Waals surface area contributed by atoms with Gasteiger partial charge in [0.2, 0.25) is 0 Å². The van der Waals surface area contributed by atoms with E-state index in [0.717, 1.165) is 5.56 Å². The maximum Gasteiger partial charge on any atom is 0.303 e. The Balaban J connectivity index is 2.00. The zero-order chi connectivity index (χ0) is 15.3. The first-order valence-electron chi connectivity index (χ1n) is 6.63. The minimum absolute atomic E-state index is 0.0259. The molecule has 0 radical (unpaired) electrons. The number of ether oxygens (including phenoxy) is 1. The van der Waals surface area contributed by atoms with Crippen molar-refractivity contribution < 1.29 is 23.1 Å². The zero-order valence-corrected chi connectivity index (χ0v) is 12.3. The van der Waals surface area contributed by atoms with Gasteiger partial charge in [-0.25, -0.2) is 13.4 Å². The minimum Gasteiger partial charge on any atom is -0.481 e. The highest BCUT2D eigenvalue weighted by atomic mass is 32.2. The fraction of sp³-hybridized carbons (Fsp3) is 0.462. The summed E-state index contributed by atoms with van der Waals surface area (Å²) in [5.41, 5.74) is 0.794. The van der Waals surface area contributed by atoms with E-state index in [2.05, 4.69) is 4.83 Å². The number of aliphatic carboxylic acids is 1. The highest BCUT2D eigenvalue weighted by Crippen LogP contribution is 2.12. The maximum atomic E-state index is 12.2. The third-order valence-electron chi connectivity index (χ3n) is 3.12. The highest BCUT2D eigenvalue weighted by Gasteiger charge is 2.19. The first-order chi connectivity index (χ1) is 9.97. The van der Waals surface area contributed by atoms with Gasteiger partial charge in [-0.3, -0.25) is 4.79 Å². The summed E-state index contributed by atoms with van der Waals surface area (Å²) in [5, 5.41) is 10.2. The Hall–Kier alpha value is -1.48. The van der Waals surface area contributed by atoms with Crippen LogP contribution in [0, 0.1) is 0 Å². The molecular weight excluding hydrogens is 296 g/mol. The number of carboxylic acid groups (broad SMARTS) is 1. The fourth-order valence-electron chi connectivity index (χ4n) is 1.96. The van der Waals surface area contributed by atoms with E-state index in [4.69, 9.17) is 9.84 Å². The Morgan fingerprint density at radius 1 is 1.24 bits per heavy atom. The SMILES string of the molecule is O=C(O)CCc1ccc(S(=O)(=O)NN2CCOCC2)cc1. The van der Waals surface area contributed by atoms with Crippen LogP contribution in [0.3, 0.4) is 0 Å². The summed E-state index contributed by atoms with van der Waals surface area (Å²) in [4.78, 5) is 13.2. The fourth-order valence-corrected chi connectivity index (χ4v) is 3.09. The van der Waals surface area contributed by atoms with Crippen LogP contribution in [0.1, 0.15) is 12.0 Å². The average molecular weight is 314 g/mol. The molecule has 1 saturated heterocycles. The summed E-state index contributed by atoms with van der Waals surface area (Å²) in [6.45, 7) is 2.01. The van der Waals surface area contributed by atoms with Crippen molar-refractivity contribution in [3.05, 3.63) is 29.8 Å². The molecule has 7 nitrogen and oxygen atoms in total. The van der Waals surface area contributed by atoms with Crippen molar-refractivity contribution in [2.24, 2.45) is 0 Å². The van der Waals surface area contributed by atoms with Crippen LogP contribution in [-0.4, -0.2) is 50.8 Å². The third kappa shape index (κ3) is 4.78. The molecule has 1 fully saturated rings. The van der Waals surface area contributed by atoms with Crippen molar-refractivity contribution in [1.82, 2.24) is 9.84 Å². The molecule has 1 aromatic rings. The molecule has 1 heterocycles. The summed E-state index contributed by atoms with van der Waals surface area (Å²) in [5.74, 6) is -0.874. The predicted molar refractivity (Wildman–Crippen MR) is 75.1 cm³/mol. The summed E-state index contributed by atoms with van der Waals surface area (Å²) in [7, 11) is -3.60. The number of aryl methyl sites for hydroxylation is 1. The molecule has 0 bridgehead atoms. The lowest BCUT2D eigenvalue weighted by Gasteiger charge is -2.26. The van der Waals surface area contributed by atoms with E-state index in [1.165, 1.54) is 12.1 Å². The van der Waals surface area contributed by atoms with Gasteiger partial charge in [-0.2, -0.15) is 0 Å². The van der Waals surface area contributed by atoms with E-state index in [9.17, 15) is 13.2 Å². The molecular formula is C13H18N2O5S. The van der Waals surface area contributed by atoms with E-state index in [-0.39, 0.29) is 11.3 Å². The largest absolute Gasteiger partial charge is 0.481 e. The normalized spacial score (nSPS) is 16.8. The zero-order valence-electron chi connectivity index (χ0n) is 11.5. The Bertz CT molecular complexity index is 579. The van der Waals surface area contributed by atoms with E-state index in [0.29, 0.717) is 32.7 Å². The lowest BCUT2D eigenvalue weighted by atomic mass is 10.1. The van der Waals surface area contributed by atoms with E-state index < -0.39 is 16.0 Å². The number of nitrogens with zero attached hydrogens (tertiary/aromatic N) is 1. The first-order valence-corrected chi connectivity index (χ1v) is 8.11. The van der Waals surface area contributed by atoms with Gasteiger partial charge in [-0.15, -0.1) is 4.83 Å². The molecule has 0 aromatic heterocycles. The van der Waals surface area contributed by atoms with Gasteiger partial charge >= 0.3 is 5.97 Å². The van der Waals surface area contributed by atoms with Gasteiger partial charge in [0.1, 0.15) is 0 Å². The maximum absolute atomic E-state index is 12.2. The number of benzene rings is 1. The van der Waals surface area contributed by atoms with Crippen LogP contribution in [0.5, 0.6) is 0 Å². The number of hydrazine groups is 1. The summed E-state index contributed by atoms with van der Waals surface area (Å²) < 4.78 is 29.5. The molecule has 8 heteroatoms. The quantitative estimate of drug-likeness (QED) is 0.780. The number of hydrogen-bond acceptors (Lipinski definition) is 5. The Kier molecular flexibility index (Phi) is 5.29. The van der Waals surface area contributed by atoms with Crippen LogP contribution in [0.4, 0.5) is 0 Å². The monoisotopic (exact) mass is 314 g/mol. The molecule has 2 rings (SSSR count). The number of morpholine rings is 1. The van der Waals surface area contributed by atoms with Gasteiger partial charge in [0.25, 0.3) is 10.0 Å². The lowest BCUT2D eigenvalue weighted by Crippen LogP contribution is -2.48. The number of nitrogens with one attached hydrogen (secondary N) is 1. The molecule has 116 valence electrons. The smallest absolute Gasteiger partial charge is 0.303 e. The number of sulfonamides is 1. The van der Waals surface area contributed by atoms with Crippen LogP contribution in [0.25, 0.3) is 0 Å². The van der Waals surface area contributed by atoms with Crippen LogP contribution in [-0.2, 0) is 26.0 Å². The molecule has 0 saturated carbocycles. The number of carbonyl (C=O) groups is 1. The second-order valence-corrected chi connectivity index (χ2v) is 6.39. The van der Waals surface area contributed by atoms with E-state index >= 15 is 0 Å². The molecule has 0 unspecified atom stereocenters. The van der Waals surface area contributed by atoms with Crippen molar-refractivity contribution in [2.75, 3.05) is 26.3 Å². The van der Waals surface area contributed by atoms with Crippen molar-refractivity contribution in [2.45, 2.75) is 17.7 Å². The van der Waals surface area contributed by atoms with Gasteiger partial charge in [0, 0.05) is 19.5 Å². The summed E-state index contributed by atoms with van der Waals surface area (Å²) in [6.07, 6.45) is 0.407. The van der Waals surface area contributed by atoms with Gasteiger partial charge in [0.05, 0.1) is 18.1 Å². The molecule has 1 aliphatic heterocycles. The van der Waals surface area contributed by atoms with Crippen molar-refractivity contribution in [3.8, 4) is 0 Å². The second kappa shape index (κ2) is 6.99. The van der Waals surface area contributed by atoms with Crippen molar-refractivity contribution >= 4 is 16.0 Å². The topological polar surface area (TPSA) is 95.9 Å². The van der Waals surface area contributed by atoms with Gasteiger partial charge < -0.3 is 9.84 Å². The van der Waals surface area contributed by atoms with Gasteiger partial charge in [0.15, 0.2) is 0 Å². The first kappa shape index (κ1) is 15.9. The number of hydrogen-bond donors (Lipinski definition) is 2. The molecule has 0 amide bonds. The molecule has 1 aromatic carbocycles. The van der Waals surface area contributed by atoms with Crippen LogP contribution >= 0.6 is 0 Å². The molecule has 2 N–H and O–H groups in total. The number of rotatable bonds is 6. The van der Waals surface area contributed by atoms with E-state index in [1.54, 1.807) is 17.1 Å². The minimum atomic E-state index is -3.60. The van der Waals surface area contributed by atoms with Crippen LogP contribution in [0.15, 0.2) is 29.2 Å². The van der Waals surface area contributed by atoms with Gasteiger partial charge in [-0.05, 0) is 24.1 Å². The van der Waals surface area contributed by atoms with Gasteiger partial charge in [-0.1, -0.05) is 12.1 Å². The lowest BCUT2D eigenvalue weighted by molar-refractivity contribution is -0.136. The van der Waals surface area contributed by atoms with Crippen LogP contribution < -0.4 is 4.83 Å². The van der Waals surface area contributed by atoms with Crippen molar-refractivity contribution in [3.63, 3.8) is 0 Å². The second-order valence-electron chi connectivity index (χ2n) is 4.73. The molecule has 0 spiro atoms. The summed E-state index contributed by atoms with van der Waals surface area (Å²) in [6, 6.07) is 6.24. The van der Waals surface area contributed by atoms with Crippen LogP contribution in [0.2, 0.25) is 0 Å². The van der Waals surface area contributed by atoms with E-state index in [1.807, 2.05) is 0 Å². The molecule has 0 aliphatic carbocycles. The molecule has 21 heavy (non-hydrogen) atoms.